The maximum atomic E-state index is 5.89. The Morgan fingerprint density at radius 2 is 2.38 bits per heavy atom. The summed E-state index contributed by atoms with van der Waals surface area (Å²) in [6.45, 7) is 5.43. The van der Waals surface area contributed by atoms with Gasteiger partial charge in [0.05, 0.1) is 6.04 Å². The monoisotopic (exact) mass is 180 g/mol. The highest BCUT2D eigenvalue weighted by molar-refractivity contribution is 5.01. The minimum atomic E-state index is 0.308. The zero-order chi connectivity index (χ0) is 9.84. The van der Waals surface area contributed by atoms with Gasteiger partial charge in [-0.2, -0.15) is 0 Å². The van der Waals surface area contributed by atoms with E-state index in [2.05, 4.69) is 24.7 Å². The van der Waals surface area contributed by atoms with Crippen LogP contribution in [0.25, 0.3) is 0 Å². The first-order valence-electron chi connectivity index (χ1n) is 5.16. The molecule has 0 aromatic heterocycles. The number of nitrogens with zero attached hydrogens (tertiary/aromatic N) is 1. The molecule has 1 heterocycles. The van der Waals surface area contributed by atoms with Crippen molar-refractivity contribution in [2.24, 2.45) is 5.73 Å². The SMILES string of the molecule is C#CC(CC)N1CCC(N)CC1C. The van der Waals surface area contributed by atoms with E-state index in [0.717, 1.165) is 25.8 Å². The fraction of sp³-hybridized carbons (Fsp3) is 0.818. The summed E-state index contributed by atoms with van der Waals surface area (Å²) in [5, 5.41) is 0. The van der Waals surface area contributed by atoms with Crippen molar-refractivity contribution in [3.8, 4) is 12.3 Å². The van der Waals surface area contributed by atoms with Gasteiger partial charge in [-0.25, -0.2) is 0 Å². The van der Waals surface area contributed by atoms with E-state index in [0.29, 0.717) is 18.1 Å². The lowest BCUT2D eigenvalue weighted by molar-refractivity contribution is 0.119. The van der Waals surface area contributed by atoms with Gasteiger partial charge in [-0.3, -0.25) is 4.90 Å². The molecular formula is C11H20N2. The Morgan fingerprint density at radius 3 is 2.85 bits per heavy atom. The van der Waals surface area contributed by atoms with Crippen molar-refractivity contribution in [2.75, 3.05) is 6.54 Å². The minimum absolute atomic E-state index is 0.308. The standard InChI is InChI=1S/C11H20N2/c1-4-11(5-2)13-7-6-10(12)8-9(13)3/h1,9-11H,5-8,12H2,2-3H3. The van der Waals surface area contributed by atoms with E-state index in [-0.39, 0.29) is 0 Å². The lowest BCUT2D eigenvalue weighted by Crippen LogP contribution is -2.49. The van der Waals surface area contributed by atoms with Gasteiger partial charge in [-0.15, -0.1) is 6.42 Å². The highest BCUT2D eigenvalue weighted by Crippen LogP contribution is 2.19. The van der Waals surface area contributed by atoms with Crippen LogP contribution in [0.5, 0.6) is 0 Å². The molecule has 1 aliphatic heterocycles. The Labute approximate surface area is 81.5 Å². The third kappa shape index (κ3) is 2.46. The molecule has 3 atom stereocenters. The van der Waals surface area contributed by atoms with Crippen molar-refractivity contribution in [1.29, 1.82) is 0 Å². The Morgan fingerprint density at radius 1 is 1.69 bits per heavy atom. The van der Waals surface area contributed by atoms with Crippen LogP contribution >= 0.6 is 0 Å². The summed E-state index contributed by atoms with van der Waals surface area (Å²) in [5.41, 5.74) is 5.89. The van der Waals surface area contributed by atoms with E-state index in [1.807, 2.05) is 0 Å². The Bertz CT molecular complexity index is 195. The van der Waals surface area contributed by atoms with Crippen LogP contribution in [0.2, 0.25) is 0 Å². The fourth-order valence-electron chi connectivity index (χ4n) is 2.14. The number of hydrogen-bond acceptors (Lipinski definition) is 2. The average Bonchev–Trinajstić information content (AvgIpc) is 2.10. The molecule has 1 fully saturated rings. The van der Waals surface area contributed by atoms with Crippen LogP contribution in [-0.4, -0.2) is 29.6 Å². The quantitative estimate of drug-likeness (QED) is 0.647. The van der Waals surface area contributed by atoms with E-state index in [1.165, 1.54) is 0 Å². The highest BCUT2D eigenvalue weighted by atomic mass is 15.2. The Hall–Kier alpha value is -0.520. The maximum absolute atomic E-state index is 5.89. The van der Waals surface area contributed by atoms with Gasteiger partial charge >= 0.3 is 0 Å². The first-order chi connectivity index (χ1) is 6.19. The maximum Gasteiger partial charge on any atom is 0.0711 e. The lowest BCUT2D eigenvalue weighted by atomic mass is 9.96. The molecule has 0 aliphatic carbocycles. The van der Waals surface area contributed by atoms with Crippen molar-refractivity contribution < 1.29 is 0 Å². The van der Waals surface area contributed by atoms with Gasteiger partial charge in [0, 0.05) is 18.6 Å². The van der Waals surface area contributed by atoms with Crippen LogP contribution in [0.4, 0.5) is 0 Å². The lowest BCUT2D eigenvalue weighted by Gasteiger charge is -2.39. The Kier molecular flexibility index (Phi) is 3.77. The molecule has 0 spiro atoms. The number of nitrogens with two attached hydrogens (primary N) is 1. The molecule has 0 saturated carbocycles. The fourth-order valence-corrected chi connectivity index (χ4v) is 2.14. The molecule has 0 aromatic carbocycles. The van der Waals surface area contributed by atoms with Gasteiger partial charge in [0.2, 0.25) is 0 Å². The summed E-state index contributed by atoms with van der Waals surface area (Å²) in [6.07, 6.45) is 8.69. The normalized spacial score (nSPS) is 32.5. The molecule has 0 radical (unpaired) electrons. The number of piperidine rings is 1. The molecule has 2 N–H and O–H groups in total. The molecule has 1 aliphatic rings. The van der Waals surface area contributed by atoms with Crippen LogP contribution in [0.15, 0.2) is 0 Å². The molecular weight excluding hydrogens is 160 g/mol. The summed E-state index contributed by atoms with van der Waals surface area (Å²) in [4.78, 5) is 2.41. The molecule has 1 rings (SSSR count). The van der Waals surface area contributed by atoms with E-state index in [9.17, 15) is 0 Å². The van der Waals surface area contributed by atoms with Crippen LogP contribution in [0, 0.1) is 12.3 Å². The molecule has 0 aromatic rings. The van der Waals surface area contributed by atoms with Crippen LogP contribution in [0.1, 0.15) is 33.1 Å². The van der Waals surface area contributed by atoms with E-state index >= 15 is 0 Å². The second-order valence-electron chi connectivity index (χ2n) is 3.96. The zero-order valence-electron chi connectivity index (χ0n) is 8.66. The molecule has 3 unspecified atom stereocenters. The summed E-state index contributed by atoms with van der Waals surface area (Å²) in [5.74, 6) is 2.85. The molecule has 1 saturated heterocycles. The molecule has 2 heteroatoms. The third-order valence-corrected chi connectivity index (χ3v) is 2.95. The van der Waals surface area contributed by atoms with Gasteiger partial charge in [-0.05, 0) is 26.2 Å². The van der Waals surface area contributed by atoms with Crippen molar-refractivity contribution in [1.82, 2.24) is 4.90 Å². The molecule has 74 valence electrons. The van der Waals surface area contributed by atoms with Crippen molar-refractivity contribution in [3.05, 3.63) is 0 Å². The second-order valence-corrected chi connectivity index (χ2v) is 3.96. The van der Waals surface area contributed by atoms with Crippen LogP contribution in [0.3, 0.4) is 0 Å². The van der Waals surface area contributed by atoms with Crippen molar-refractivity contribution in [2.45, 2.75) is 51.2 Å². The van der Waals surface area contributed by atoms with Gasteiger partial charge in [0.15, 0.2) is 0 Å². The third-order valence-electron chi connectivity index (χ3n) is 2.95. The number of terminal acetylenes is 1. The number of hydrogen-bond donors (Lipinski definition) is 1. The number of rotatable bonds is 2. The highest BCUT2D eigenvalue weighted by Gasteiger charge is 2.26. The first-order valence-corrected chi connectivity index (χ1v) is 5.16. The van der Waals surface area contributed by atoms with Gasteiger partial charge < -0.3 is 5.73 Å². The smallest absolute Gasteiger partial charge is 0.0711 e. The van der Waals surface area contributed by atoms with E-state index < -0.39 is 0 Å². The van der Waals surface area contributed by atoms with Crippen molar-refractivity contribution in [3.63, 3.8) is 0 Å². The summed E-state index contributed by atoms with van der Waals surface area (Å²) in [7, 11) is 0. The molecule has 0 amide bonds. The predicted octanol–water partition coefficient (Wildman–Crippen LogP) is 1.21. The van der Waals surface area contributed by atoms with Crippen molar-refractivity contribution >= 4 is 0 Å². The Balaban J connectivity index is 2.55. The minimum Gasteiger partial charge on any atom is -0.328 e. The topological polar surface area (TPSA) is 29.3 Å². The summed E-state index contributed by atoms with van der Waals surface area (Å²) >= 11 is 0. The first kappa shape index (κ1) is 10.6. The molecule has 0 bridgehead atoms. The largest absolute Gasteiger partial charge is 0.328 e. The predicted molar refractivity (Wildman–Crippen MR) is 56.3 cm³/mol. The number of likely N-dealkylation sites (tertiary alicyclic amines) is 1. The van der Waals surface area contributed by atoms with E-state index in [1.54, 1.807) is 0 Å². The molecule has 13 heavy (non-hydrogen) atoms. The summed E-state index contributed by atoms with van der Waals surface area (Å²) < 4.78 is 0. The summed E-state index contributed by atoms with van der Waals surface area (Å²) in [6, 6.07) is 1.23. The van der Waals surface area contributed by atoms with Gasteiger partial charge in [-0.1, -0.05) is 12.8 Å². The van der Waals surface area contributed by atoms with E-state index in [4.69, 9.17) is 12.2 Å². The second kappa shape index (κ2) is 4.64. The van der Waals surface area contributed by atoms with Gasteiger partial charge in [0.25, 0.3) is 0 Å². The van der Waals surface area contributed by atoms with Gasteiger partial charge in [0.1, 0.15) is 0 Å². The van der Waals surface area contributed by atoms with Crippen LogP contribution in [-0.2, 0) is 0 Å². The molecule has 2 nitrogen and oxygen atoms in total. The van der Waals surface area contributed by atoms with Crippen LogP contribution < -0.4 is 5.73 Å². The average molecular weight is 180 g/mol. The zero-order valence-corrected chi connectivity index (χ0v) is 8.66.